The molecule has 0 aliphatic heterocycles. The predicted octanol–water partition coefficient (Wildman–Crippen LogP) is 2.09. The second kappa shape index (κ2) is 7.85. The molecular formula is C16H20N4O2S. The SMILES string of the molecule is CC(=O)Nc1nc(C(=O)NCc2ccc(CN(C)C)cc2)cs1. The van der Waals surface area contributed by atoms with Crippen LogP contribution in [-0.2, 0) is 17.9 Å². The second-order valence-corrected chi connectivity index (χ2v) is 6.31. The van der Waals surface area contributed by atoms with E-state index in [4.69, 9.17) is 0 Å². The molecule has 2 aromatic rings. The maximum absolute atomic E-state index is 12.0. The average molecular weight is 332 g/mol. The van der Waals surface area contributed by atoms with Crippen molar-refractivity contribution < 1.29 is 9.59 Å². The standard InChI is InChI=1S/C16H20N4O2S/c1-11(21)18-16-19-14(10-23-16)15(22)17-8-12-4-6-13(7-5-12)9-20(2)3/h4-7,10H,8-9H2,1-3H3,(H,17,22)(H,18,19,21). The van der Waals surface area contributed by atoms with E-state index in [1.54, 1.807) is 5.38 Å². The van der Waals surface area contributed by atoms with E-state index in [0.717, 1.165) is 12.1 Å². The van der Waals surface area contributed by atoms with Crippen LogP contribution < -0.4 is 10.6 Å². The molecule has 0 fully saturated rings. The number of hydrogen-bond donors (Lipinski definition) is 2. The zero-order chi connectivity index (χ0) is 16.8. The fourth-order valence-corrected chi connectivity index (χ4v) is 2.72. The van der Waals surface area contributed by atoms with E-state index in [1.807, 2.05) is 26.2 Å². The topological polar surface area (TPSA) is 74.3 Å². The zero-order valence-corrected chi connectivity index (χ0v) is 14.2. The van der Waals surface area contributed by atoms with Crippen molar-refractivity contribution in [1.29, 1.82) is 0 Å². The first-order valence-corrected chi connectivity index (χ1v) is 8.06. The Hall–Kier alpha value is -2.25. The third-order valence-corrected chi connectivity index (χ3v) is 3.75. The van der Waals surface area contributed by atoms with Gasteiger partial charge in [0.2, 0.25) is 5.91 Å². The van der Waals surface area contributed by atoms with Gasteiger partial charge in [-0.1, -0.05) is 24.3 Å². The number of anilines is 1. The Morgan fingerprint density at radius 3 is 2.43 bits per heavy atom. The van der Waals surface area contributed by atoms with Crippen LogP contribution in [0.2, 0.25) is 0 Å². The summed E-state index contributed by atoms with van der Waals surface area (Å²) in [5.41, 5.74) is 2.56. The Bertz CT molecular complexity index is 680. The summed E-state index contributed by atoms with van der Waals surface area (Å²) in [5, 5.41) is 7.44. The molecule has 0 radical (unpaired) electrons. The number of hydrogen-bond acceptors (Lipinski definition) is 5. The third kappa shape index (κ3) is 5.46. The summed E-state index contributed by atoms with van der Waals surface area (Å²) >= 11 is 1.23. The van der Waals surface area contributed by atoms with Gasteiger partial charge in [0.05, 0.1) is 0 Å². The summed E-state index contributed by atoms with van der Waals surface area (Å²) in [4.78, 5) is 29.2. The van der Waals surface area contributed by atoms with Crippen LogP contribution in [0.3, 0.4) is 0 Å². The summed E-state index contributed by atoms with van der Waals surface area (Å²) < 4.78 is 0. The first-order valence-electron chi connectivity index (χ1n) is 7.18. The molecule has 0 unspecified atom stereocenters. The minimum absolute atomic E-state index is 0.205. The lowest BCUT2D eigenvalue weighted by molar-refractivity contribution is -0.114. The normalized spacial score (nSPS) is 10.6. The fraction of sp³-hybridized carbons (Fsp3) is 0.312. The van der Waals surface area contributed by atoms with E-state index in [-0.39, 0.29) is 11.8 Å². The van der Waals surface area contributed by atoms with Crippen molar-refractivity contribution in [2.75, 3.05) is 19.4 Å². The molecule has 2 amide bonds. The van der Waals surface area contributed by atoms with Crippen LogP contribution in [0.5, 0.6) is 0 Å². The lowest BCUT2D eigenvalue weighted by atomic mass is 10.1. The smallest absolute Gasteiger partial charge is 0.271 e. The number of thiazole rings is 1. The lowest BCUT2D eigenvalue weighted by Crippen LogP contribution is -2.23. The van der Waals surface area contributed by atoms with Gasteiger partial charge in [0, 0.05) is 25.4 Å². The van der Waals surface area contributed by atoms with Gasteiger partial charge in [0.25, 0.3) is 5.91 Å². The fourth-order valence-electron chi connectivity index (χ4n) is 1.99. The van der Waals surface area contributed by atoms with E-state index < -0.39 is 0 Å². The van der Waals surface area contributed by atoms with Crippen molar-refractivity contribution in [2.45, 2.75) is 20.0 Å². The average Bonchev–Trinajstić information content (AvgIpc) is 2.93. The number of rotatable bonds is 6. The molecule has 2 N–H and O–H groups in total. The predicted molar refractivity (Wildman–Crippen MR) is 91.4 cm³/mol. The number of carbonyl (C=O) groups excluding carboxylic acids is 2. The quantitative estimate of drug-likeness (QED) is 0.849. The van der Waals surface area contributed by atoms with Gasteiger partial charge in [-0.2, -0.15) is 0 Å². The van der Waals surface area contributed by atoms with Crippen LogP contribution in [0, 0.1) is 0 Å². The number of benzene rings is 1. The van der Waals surface area contributed by atoms with Crippen molar-refractivity contribution in [3.05, 3.63) is 46.5 Å². The summed E-state index contributed by atoms with van der Waals surface area (Å²) in [6.07, 6.45) is 0. The molecule has 1 aromatic heterocycles. The van der Waals surface area contributed by atoms with Gasteiger partial charge in [-0.15, -0.1) is 11.3 Å². The van der Waals surface area contributed by atoms with Crippen molar-refractivity contribution in [2.24, 2.45) is 0 Å². The summed E-state index contributed by atoms with van der Waals surface area (Å²) in [6.45, 7) is 2.73. The van der Waals surface area contributed by atoms with Crippen molar-refractivity contribution in [1.82, 2.24) is 15.2 Å². The van der Waals surface area contributed by atoms with Gasteiger partial charge in [0.1, 0.15) is 5.69 Å². The van der Waals surface area contributed by atoms with Crippen LogP contribution in [0.25, 0.3) is 0 Å². The maximum Gasteiger partial charge on any atom is 0.271 e. The number of carbonyl (C=O) groups is 2. The summed E-state index contributed by atoms with van der Waals surface area (Å²) in [6, 6.07) is 8.12. The lowest BCUT2D eigenvalue weighted by Gasteiger charge is -2.10. The van der Waals surface area contributed by atoms with Crippen LogP contribution in [0.1, 0.15) is 28.5 Å². The Labute approximate surface area is 139 Å². The Kier molecular flexibility index (Phi) is 5.84. The minimum atomic E-state index is -0.254. The van der Waals surface area contributed by atoms with E-state index in [0.29, 0.717) is 17.4 Å². The molecule has 0 saturated carbocycles. The number of nitrogens with zero attached hydrogens (tertiary/aromatic N) is 2. The van der Waals surface area contributed by atoms with Gasteiger partial charge in [0.15, 0.2) is 5.13 Å². The van der Waals surface area contributed by atoms with Crippen LogP contribution in [0.15, 0.2) is 29.6 Å². The molecule has 2 rings (SSSR count). The van der Waals surface area contributed by atoms with Crippen molar-refractivity contribution in [3.63, 3.8) is 0 Å². The monoisotopic (exact) mass is 332 g/mol. The van der Waals surface area contributed by atoms with E-state index >= 15 is 0 Å². The number of nitrogens with one attached hydrogen (secondary N) is 2. The van der Waals surface area contributed by atoms with Crippen molar-refractivity contribution >= 4 is 28.3 Å². The largest absolute Gasteiger partial charge is 0.347 e. The van der Waals surface area contributed by atoms with Crippen molar-refractivity contribution in [3.8, 4) is 0 Å². The first-order chi connectivity index (χ1) is 10.9. The van der Waals surface area contributed by atoms with E-state index in [2.05, 4.69) is 32.7 Å². The molecule has 6 nitrogen and oxygen atoms in total. The minimum Gasteiger partial charge on any atom is -0.347 e. The number of amides is 2. The molecule has 23 heavy (non-hydrogen) atoms. The molecule has 1 heterocycles. The highest BCUT2D eigenvalue weighted by atomic mass is 32.1. The van der Waals surface area contributed by atoms with Gasteiger partial charge in [-0.3, -0.25) is 9.59 Å². The number of aromatic nitrogens is 1. The second-order valence-electron chi connectivity index (χ2n) is 5.46. The van der Waals surface area contributed by atoms with Crippen LogP contribution in [0.4, 0.5) is 5.13 Å². The molecule has 0 aliphatic carbocycles. The molecule has 122 valence electrons. The highest BCUT2D eigenvalue weighted by Crippen LogP contribution is 2.15. The Balaban J connectivity index is 1.88. The highest BCUT2D eigenvalue weighted by molar-refractivity contribution is 7.14. The first kappa shape index (κ1) is 17.1. The Morgan fingerprint density at radius 2 is 1.83 bits per heavy atom. The molecule has 1 aromatic carbocycles. The highest BCUT2D eigenvalue weighted by Gasteiger charge is 2.11. The molecule has 0 atom stereocenters. The Morgan fingerprint density at radius 1 is 1.17 bits per heavy atom. The van der Waals surface area contributed by atoms with E-state index in [1.165, 1.54) is 23.8 Å². The van der Waals surface area contributed by atoms with E-state index in [9.17, 15) is 9.59 Å². The molecule has 0 aliphatic rings. The van der Waals surface area contributed by atoms with Crippen LogP contribution in [-0.4, -0.2) is 35.8 Å². The zero-order valence-electron chi connectivity index (χ0n) is 13.4. The molecule has 0 saturated heterocycles. The molecular weight excluding hydrogens is 312 g/mol. The maximum atomic E-state index is 12.0. The molecule has 7 heteroatoms. The van der Waals surface area contributed by atoms with Gasteiger partial charge in [-0.25, -0.2) is 4.98 Å². The summed E-state index contributed by atoms with van der Waals surface area (Å²) in [7, 11) is 4.05. The van der Waals surface area contributed by atoms with Crippen LogP contribution >= 0.6 is 11.3 Å². The van der Waals surface area contributed by atoms with Gasteiger partial charge < -0.3 is 15.5 Å². The summed E-state index contributed by atoms with van der Waals surface area (Å²) in [5.74, 6) is -0.459. The third-order valence-electron chi connectivity index (χ3n) is 2.99. The molecule has 0 spiro atoms. The molecule has 0 bridgehead atoms. The van der Waals surface area contributed by atoms with Gasteiger partial charge >= 0.3 is 0 Å². The van der Waals surface area contributed by atoms with Gasteiger partial charge in [-0.05, 0) is 25.2 Å².